The van der Waals surface area contributed by atoms with Crippen LogP contribution in [0.1, 0.15) is 16.7 Å². The first-order valence-electron chi connectivity index (χ1n) is 5.74. The minimum atomic E-state index is -1.10. The smallest absolute Gasteiger partial charge is 0.0991 e. The number of halogens is 1. The van der Waals surface area contributed by atoms with Gasteiger partial charge < -0.3 is 0 Å². The molecule has 0 saturated carbocycles. The molecule has 0 aliphatic heterocycles. The van der Waals surface area contributed by atoms with Crippen molar-refractivity contribution in [3.05, 3.63) is 64.2 Å². The molecular weight excluding hydrogens is 278 g/mol. The van der Waals surface area contributed by atoms with E-state index in [1.54, 1.807) is 30.3 Å². The lowest BCUT2D eigenvalue weighted by Gasteiger charge is -2.06. The summed E-state index contributed by atoms with van der Waals surface area (Å²) in [5, 5.41) is 9.45. The summed E-state index contributed by atoms with van der Waals surface area (Å²) in [7, 11) is -1.10. The second-order valence-electron chi connectivity index (χ2n) is 4.20. The van der Waals surface area contributed by atoms with Crippen molar-refractivity contribution in [3.8, 4) is 6.07 Å². The molecule has 96 valence electrons. The monoisotopic (exact) mass is 289 g/mol. The summed E-state index contributed by atoms with van der Waals surface area (Å²) in [4.78, 5) is 0.758. The highest BCUT2D eigenvalue weighted by molar-refractivity contribution is 7.84. The topological polar surface area (TPSA) is 40.9 Å². The number of benzene rings is 2. The van der Waals surface area contributed by atoms with E-state index in [1.807, 2.05) is 19.1 Å². The molecule has 2 aromatic rings. The first kappa shape index (κ1) is 13.8. The maximum absolute atomic E-state index is 12.2. The van der Waals surface area contributed by atoms with Crippen LogP contribution in [0.3, 0.4) is 0 Å². The van der Waals surface area contributed by atoms with Crippen molar-refractivity contribution >= 4 is 22.4 Å². The molecule has 0 aliphatic rings. The number of hydrogen-bond donors (Lipinski definition) is 0. The van der Waals surface area contributed by atoms with Crippen LogP contribution >= 0.6 is 11.6 Å². The maximum Gasteiger partial charge on any atom is 0.0991 e. The summed E-state index contributed by atoms with van der Waals surface area (Å²) in [6.07, 6.45) is 0. The Morgan fingerprint density at radius 2 is 1.89 bits per heavy atom. The van der Waals surface area contributed by atoms with Crippen LogP contribution in [0.2, 0.25) is 5.02 Å². The third-order valence-electron chi connectivity index (χ3n) is 2.83. The lowest BCUT2D eigenvalue weighted by molar-refractivity contribution is 0.682. The van der Waals surface area contributed by atoms with E-state index in [-0.39, 0.29) is 0 Å². The standard InChI is InChI=1S/C15H12ClNOS/c1-11-8-12(9-17)2-3-13(11)10-19(18)15-6-4-14(16)5-7-15/h2-8H,10H2,1H3. The number of rotatable bonds is 3. The van der Waals surface area contributed by atoms with Crippen LogP contribution < -0.4 is 0 Å². The van der Waals surface area contributed by atoms with Crippen molar-refractivity contribution in [2.75, 3.05) is 0 Å². The van der Waals surface area contributed by atoms with Crippen molar-refractivity contribution in [2.45, 2.75) is 17.6 Å². The van der Waals surface area contributed by atoms with E-state index in [9.17, 15) is 4.21 Å². The van der Waals surface area contributed by atoms with Gasteiger partial charge in [0.05, 0.1) is 28.2 Å². The molecule has 2 rings (SSSR count). The molecule has 1 unspecified atom stereocenters. The molecule has 19 heavy (non-hydrogen) atoms. The van der Waals surface area contributed by atoms with E-state index in [0.717, 1.165) is 16.0 Å². The fourth-order valence-electron chi connectivity index (χ4n) is 1.74. The summed E-state index contributed by atoms with van der Waals surface area (Å²) in [5.74, 6) is 0.444. The van der Waals surface area contributed by atoms with Gasteiger partial charge in [0.2, 0.25) is 0 Å². The molecule has 0 spiro atoms. The van der Waals surface area contributed by atoms with Crippen molar-refractivity contribution < 1.29 is 4.21 Å². The molecule has 0 amide bonds. The van der Waals surface area contributed by atoms with Gasteiger partial charge >= 0.3 is 0 Å². The van der Waals surface area contributed by atoms with Gasteiger partial charge in [-0.25, -0.2) is 0 Å². The quantitative estimate of drug-likeness (QED) is 0.861. The van der Waals surface area contributed by atoms with Crippen molar-refractivity contribution in [3.63, 3.8) is 0 Å². The Hall–Kier alpha value is -1.63. The molecule has 0 bridgehead atoms. The van der Waals surface area contributed by atoms with E-state index in [1.165, 1.54) is 0 Å². The van der Waals surface area contributed by atoms with Crippen molar-refractivity contribution in [1.82, 2.24) is 0 Å². The van der Waals surface area contributed by atoms with Gasteiger partial charge in [0, 0.05) is 9.92 Å². The third kappa shape index (κ3) is 3.44. The number of nitrogens with zero attached hydrogens (tertiary/aromatic N) is 1. The number of nitriles is 1. The third-order valence-corrected chi connectivity index (χ3v) is 4.46. The van der Waals surface area contributed by atoms with E-state index in [0.29, 0.717) is 16.3 Å². The zero-order chi connectivity index (χ0) is 13.8. The molecule has 0 N–H and O–H groups in total. The molecule has 4 heteroatoms. The lowest BCUT2D eigenvalue weighted by atomic mass is 10.1. The fourth-order valence-corrected chi connectivity index (χ4v) is 3.08. The van der Waals surface area contributed by atoms with Gasteiger partial charge in [0.25, 0.3) is 0 Å². The summed E-state index contributed by atoms with van der Waals surface area (Å²) in [6.45, 7) is 1.93. The average Bonchev–Trinajstić information content (AvgIpc) is 2.41. The van der Waals surface area contributed by atoms with E-state index in [2.05, 4.69) is 6.07 Å². The highest BCUT2D eigenvalue weighted by atomic mass is 35.5. The van der Waals surface area contributed by atoms with Gasteiger partial charge in [-0.3, -0.25) is 4.21 Å². The Morgan fingerprint density at radius 3 is 2.47 bits per heavy atom. The van der Waals surface area contributed by atoms with Crippen molar-refractivity contribution in [2.24, 2.45) is 0 Å². The lowest BCUT2D eigenvalue weighted by Crippen LogP contribution is -1.98. The van der Waals surface area contributed by atoms with Gasteiger partial charge in [-0.2, -0.15) is 5.26 Å². The SMILES string of the molecule is Cc1cc(C#N)ccc1CS(=O)c1ccc(Cl)cc1. The largest absolute Gasteiger partial charge is 0.254 e. The summed E-state index contributed by atoms with van der Waals surface area (Å²) in [6, 6.07) is 14.5. The average molecular weight is 290 g/mol. The Labute approximate surface area is 120 Å². The number of hydrogen-bond acceptors (Lipinski definition) is 2. The summed E-state index contributed by atoms with van der Waals surface area (Å²) >= 11 is 5.81. The van der Waals surface area contributed by atoms with Crippen LogP contribution in [0, 0.1) is 18.3 Å². The van der Waals surface area contributed by atoms with Gasteiger partial charge in [0.15, 0.2) is 0 Å². The summed E-state index contributed by atoms with van der Waals surface area (Å²) < 4.78 is 12.2. The van der Waals surface area contributed by atoms with Crippen LogP contribution in [0.25, 0.3) is 0 Å². The molecule has 0 fully saturated rings. The van der Waals surface area contributed by atoms with Crippen LogP contribution in [-0.2, 0) is 16.6 Å². The molecule has 2 aromatic carbocycles. The molecule has 0 heterocycles. The summed E-state index contributed by atoms with van der Waals surface area (Å²) in [5.41, 5.74) is 2.60. The molecule has 0 aromatic heterocycles. The fraction of sp³-hybridized carbons (Fsp3) is 0.133. The first-order valence-corrected chi connectivity index (χ1v) is 7.43. The minimum Gasteiger partial charge on any atom is -0.254 e. The van der Waals surface area contributed by atoms with Crippen LogP contribution in [0.5, 0.6) is 0 Å². The predicted molar refractivity (Wildman–Crippen MR) is 77.5 cm³/mol. The Balaban J connectivity index is 2.20. The minimum absolute atomic E-state index is 0.444. The first-order chi connectivity index (χ1) is 9.10. The van der Waals surface area contributed by atoms with Gasteiger partial charge in [-0.1, -0.05) is 17.7 Å². The second-order valence-corrected chi connectivity index (χ2v) is 6.08. The highest BCUT2D eigenvalue weighted by Gasteiger charge is 2.07. The zero-order valence-electron chi connectivity index (χ0n) is 10.4. The van der Waals surface area contributed by atoms with Crippen LogP contribution in [0.15, 0.2) is 47.4 Å². The Bertz CT molecular complexity index is 659. The molecule has 0 radical (unpaired) electrons. The normalized spacial score (nSPS) is 11.8. The predicted octanol–water partition coefficient (Wildman–Crippen LogP) is 3.83. The second kappa shape index (κ2) is 6.01. The zero-order valence-corrected chi connectivity index (χ0v) is 12.0. The van der Waals surface area contributed by atoms with Crippen LogP contribution in [-0.4, -0.2) is 4.21 Å². The molecule has 1 atom stereocenters. The molecule has 0 saturated heterocycles. The van der Waals surface area contributed by atoms with Gasteiger partial charge in [-0.15, -0.1) is 0 Å². The maximum atomic E-state index is 12.2. The van der Waals surface area contributed by atoms with Gasteiger partial charge in [0.1, 0.15) is 0 Å². The Kier molecular flexibility index (Phi) is 4.36. The number of aryl methyl sites for hydroxylation is 1. The van der Waals surface area contributed by atoms with Crippen molar-refractivity contribution in [1.29, 1.82) is 5.26 Å². The highest BCUT2D eigenvalue weighted by Crippen LogP contribution is 2.18. The van der Waals surface area contributed by atoms with Gasteiger partial charge in [-0.05, 0) is 54.4 Å². The molecule has 2 nitrogen and oxygen atoms in total. The van der Waals surface area contributed by atoms with E-state index >= 15 is 0 Å². The van der Waals surface area contributed by atoms with E-state index < -0.39 is 10.8 Å². The Morgan fingerprint density at radius 1 is 1.21 bits per heavy atom. The van der Waals surface area contributed by atoms with Crippen LogP contribution in [0.4, 0.5) is 0 Å². The molecular formula is C15H12ClNOS. The molecule has 0 aliphatic carbocycles. The van der Waals surface area contributed by atoms with E-state index in [4.69, 9.17) is 16.9 Å².